The molecule has 6 heteroatoms. The Morgan fingerprint density at radius 3 is 2.34 bits per heavy atom. The topological polar surface area (TPSA) is 52.7 Å². The van der Waals surface area contributed by atoms with Crippen LogP contribution in [0.1, 0.15) is 26.9 Å². The maximum absolute atomic E-state index is 12.6. The van der Waals surface area contributed by atoms with Crippen LogP contribution >= 0.6 is 11.8 Å². The number of para-hydroxylation sites is 1. The van der Waals surface area contributed by atoms with Crippen molar-refractivity contribution in [2.75, 3.05) is 30.8 Å². The lowest BCUT2D eigenvalue weighted by molar-refractivity contribution is -0.128. The molecule has 1 heterocycles. The summed E-state index contributed by atoms with van der Waals surface area (Å²) >= 11 is 1.63. The Kier molecular flexibility index (Phi) is 7.12. The van der Waals surface area contributed by atoms with E-state index in [1.54, 1.807) is 11.8 Å². The van der Waals surface area contributed by atoms with Gasteiger partial charge in [-0.1, -0.05) is 60.7 Å². The van der Waals surface area contributed by atoms with Gasteiger partial charge in [-0.2, -0.15) is 0 Å². The number of thioether (sulfide) groups is 1. The Hall–Kier alpha value is -3.25. The minimum absolute atomic E-state index is 0.0284. The highest BCUT2D eigenvalue weighted by Gasteiger charge is 2.32. The number of rotatable bonds is 8. The molecule has 0 aliphatic carbocycles. The summed E-state index contributed by atoms with van der Waals surface area (Å²) in [7, 11) is 2.01. The molecule has 1 saturated heterocycles. The predicted molar refractivity (Wildman–Crippen MR) is 131 cm³/mol. The van der Waals surface area contributed by atoms with Gasteiger partial charge in [0.15, 0.2) is 0 Å². The van der Waals surface area contributed by atoms with Gasteiger partial charge in [0.2, 0.25) is 5.91 Å². The third-order valence-corrected chi connectivity index (χ3v) is 6.81. The van der Waals surface area contributed by atoms with Gasteiger partial charge in [0.1, 0.15) is 5.37 Å². The van der Waals surface area contributed by atoms with Gasteiger partial charge in [0.05, 0.1) is 5.75 Å². The minimum atomic E-state index is -0.0886. The Labute approximate surface area is 193 Å². The lowest BCUT2D eigenvalue weighted by atomic mass is 10.1. The van der Waals surface area contributed by atoms with Crippen LogP contribution in [-0.4, -0.2) is 42.6 Å². The van der Waals surface area contributed by atoms with Gasteiger partial charge >= 0.3 is 0 Å². The number of hydrogen-bond donors (Lipinski definition) is 1. The van der Waals surface area contributed by atoms with Crippen LogP contribution < -0.4 is 10.2 Å². The minimum Gasteiger partial charge on any atom is -0.373 e. The zero-order chi connectivity index (χ0) is 22.3. The maximum atomic E-state index is 12.6. The van der Waals surface area contributed by atoms with Gasteiger partial charge in [0.25, 0.3) is 5.91 Å². The number of likely N-dealkylation sites (N-methyl/N-ethyl adjacent to an activating group) is 1. The SMILES string of the molecule is CN(CCNC(=O)c1ccc([C@@H]2SCC(=O)N2Cc2ccccc2)cc1)c1ccccc1. The molecule has 3 aromatic carbocycles. The average molecular weight is 446 g/mol. The van der Waals surface area contributed by atoms with E-state index in [1.165, 1.54) is 0 Å². The fourth-order valence-corrected chi connectivity index (χ4v) is 4.92. The van der Waals surface area contributed by atoms with Crippen molar-refractivity contribution in [1.29, 1.82) is 0 Å². The number of carbonyl (C=O) groups is 2. The van der Waals surface area contributed by atoms with Gasteiger partial charge in [-0.05, 0) is 35.4 Å². The number of benzene rings is 3. The molecule has 0 saturated carbocycles. The second kappa shape index (κ2) is 10.4. The van der Waals surface area contributed by atoms with E-state index in [1.807, 2.05) is 96.9 Å². The van der Waals surface area contributed by atoms with Gasteiger partial charge in [-0.25, -0.2) is 0 Å². The van der Waals surface area contributed by atoms with E-state index in [2.05, 4.69) is 10.2 Å². The molecule has 3 aromatic rings. The molecule has 1 fully saturated rings. The Bertz CT molecular complexity index is 1040. The Morgan fingerprint density at radius 1 is 1.00 bits per heavy atom. The Balaban J connectivity index is 1.33. The van der Waals surface area contributed by atoms with E-state index in [0.717, 1.165) is 23.4 Å². The van der Waals surface area contributed by atoms with Crippen LogP contribution in [0, 0.1) is 0 Å². The van der Waals surface area contributed by atoms with Crippen LogP contribution in [-0.2, 0) is 11.3 Å². The largest absolute Gasteiger partial charge is 0.373 e. The van der Waals surface area contributed by atoms with Crippen LogP contribution in [0.3, 0.4) is 0 Å². The molecule has 164 valence electrons. The summed E-state index contributed by atoms with van der Waals surface area (Å²) in [5.41, 5.74) is 3.90. The average Bonchev–Trinajstić information content (AvgIpc) is 3.20. The summed E-state index contributed by atoms with van der Waals surface area (Å²) < 4.78 is 0. The van der Waals surface area contributed by atoms with E-state index >= 15 is 0 Å². The molecule has 0 bridgehead atoms. The van der Waals surface area contributed by atoms with Crippen LogP contribution in [0.15, 0.2) is 84.9 Å². The Morgan fingerprint density at radius 2 is 1.66 bits per heavy atom. The van der Waals surface area contributed by atoms with Gasteiger partial charge in [-0.15, -0.1) is 11.8 Å². The van der Waals surface area contributed by atoms with E-state index in [4.69, 9.17) is 0 Å². The number of hydrogen-bond acceptors (Lipinski definition) is 4. The molecule has 1 aliphatic heterocycles. The summed E-state index contributed by atoms with van der Waals surface area (Å²) in [6, 6.07) is 27.7. The molecule has 1 atom stereocenters. The summed E-state index contributed by atoms with van der Waals surface area (Å²) in [6.45, 7) is 1.88. The first-order valence-electron chi connectivity index (χ1n) is 10.7. The molecular weight excluding hydrogens is 418 g/mol. The third kappa shape index (κ3) is 5.32. The number of nitrogens with zero attached hydrogens (tertiary/aromatic N) is 2. The van der Waals surface area contributed by atoms with Crippen molar-refractivity contribution >= 4 is 29.3 Å². The number of anilines is 1. The highest BCUT2D eigenvalue weighted by atomic mass is 32.2. The zero-order valence-corrected chi connectivity index (χ0v) is 18.9. The molecule has 4 rings (SSSR count). The molecule has 0 radical (unpaired) electrons. The summed E-state index contributed by atoms with van der Waals surface area (Å²) in [6.07, 6.45) is 0. The molecule has 32 heavy (non-hydrogen) atoms. The van der Waals surface area contributed by atoms with Crippen molar-refractivity contribution in [2.45, 2.75) is 11.9 Å². The lowest BCUT2D eigenvalue weighted by Gasteiger charge is -2.24. The molecule has 0 spiro atoms. The highest BCUT2D eigenvalue weighted by Crippen LogP contribution is 2.39. The van der Waals surface area contributed by atoms with Crippen LogP contribution in [0.4, 0.5) is 5.69 Å². The van der Waals surface area contributed by atoms with E-state index in [0.29, 0.717) is 24.4 Å². The fourth-order valence-electron chi connectivity index (χ4n) is 3.73. The molecule has 1 aliphatic rings. The van der Waals surface area contributed by atoms with Crippen LogP contribution in [0.5, 0.6) is 0 Å². The molecule has 5 nitrogen and oxygen atoms in total. The molecule has 0 aromatic heterocycles. The van der Waals surface area contributed by atoms with Gasteiger partial charge in [0, 0.05) is 37.9 Å². The van der Waals surface area contributed by atoms with Crippen LogP contribution in [0.25, 0.3) is 0 Å². The van der Waals surface area contributed by atoms with Crippen molar-refractivity contribution in [3.8, 4) is 0 Å². The van der Waals surface area contributed by atoms with Crippen molar-refractivity contribution in [2.24, 2.45) is 0 Å². The molecule has 0 unspecified atom stereocenters. The van der Waals surface area contributed by atoms with Crippen molar-refractivity contribution < 1.29 is 9.59 Å². The third-order valence-electron chi connectivity index (χ3n) is 5.55. The van der Waals surface area contributed by atoms with E-state index in [-0.39, 0.29) is 17.2 Å². The summed E-state index contributed by atoms with van der Waals surface area (Å²) in [5, 5.41) is 2.96. The first-order chi connectivity index (χ1) is 15.6. The standard InChI is InChI=1S/C26H27N3O2S/c1-28(23-10-6-3-7-11-23)17-16-27-25(31)21-12-14-22(15-13-21)26-29(24(30)19-32-26)18-20-8-4-2-5-9-20/h2-15,26H,16-19H2,1H3,(H,27,31)/t26-/m0/s1. The van der Waals surface area contributed by atoms with Gasteiger partial charge < -0.3 is 15.1 Å². The number of amides is 2. The quantitative estimate of drug-likeness (QED) is 0.561. The second-order valence-electron chi connectivity index (χ2n) is 7.81. The molecule has 2 amide bonds. The first-order valence-corrected chi connectivity index (χ1v) is 11.8. The number of carbonyl (C=O) groups excluding carboxylic acids is 2. The van der Waals surface area contributed by atoms with Crippen molar-refractivity contribution in [3.05, 3.63) is 102 Å². The monoisotopic (exact) mass is 445 g/mol. The van der Waals surface area contributed by atoms with Crippen molar-refractivity contribution in [3.63, 3.8) is 0 Å². The van der Waals surface area contributed by atoms with Crippen LogP contribution in [0.2, 0.25) is 0 Å². The highest BCUT2D eigenvalue weighted by molar-refractivity contribution is 8.00. The normalized spacial score (nSPS) is 15.6. The zero-order valence-electron chi connectivity index (χ0n) is 18.1. The van der Waals surface area contributed by atoms with E-state index < -0.39 is 0 Å². The smallest absolute Gasteiger partial charge is 0.251 e. The second-order valence-corrected chi connectivity index (χ2v) is 8.87. The fraction of sp³-hybridized carbons (Fsp3) is 0.231. The predicted octanol–water partition coefficient (Wildman–Crippen LogP) is 4.33. The van der Waals surface area contributed by atoms with Crippen molar-refractivity contribution in [1.82, 2.24) is 10.2 Å². The molecular formula is C26H27N3O2S. The van der Waals surface area contributed by atoms with Gasteiger partial charge in [-0.3, -0.25) is 9.59 Å². The lowest BCUT2D eigenvalue weighted by Crippen LogP contribution is -2.33. The first kappa shape index (κ1) is 22.0. The van der Waals surface area contributed by atoms with E-state index in [9.17, 15) is 9.59 Å². The summed E-state index contributed by atoms with van der Waals surface area (Å²) in [5.74, 6) is 0.539. The number of nitrogens with one attached hydrogen (secondary N) is 1. The summed E-state index contributed by atoms with van der Waals surface area (Å²) in [4.78, 5) is 29.0. The maximum Gasteiger partial charge on any atom is 0.251 e. The molecule has 1 N–H and O–H groups in total.